The van der Waals surface area contributed by atoms with Crippen LogP contribution >= 0.6 is 12.4 Å². The third-order valence-corrected chi connectivity index (χ3v) is 4.68. The second-order valence-electron chi connectivity index (χ2n) is 6.61. The highest BCUT2D eigenvalue weighted by Crippen LogP contribution is 2.26. The van der Waals surface area contributed by atoms with E-state index >= 15 is 0 Å². The molecular formula is C20H26ClN3O. The van der Waals surface area contributed by atoms with E-state index in [1.165, 1.54) is 5.56 Å². The lowest BCUT2D eigenvalue weighted by atomic mass is 10.1. The number of hydrogen-bond donors (Lipinski definition) is 3. The maximum Gasteiger partial charge on any atom is 0.227 e. The predicted octanol–water partition coefficient (Wildman–Crippen LogP) is 4.35. The van der Waals surface area contributed by atoms with Gasteiger partial charge in [0.05, 0.1) is 0 Å². The summed E-state index contributed by atoms with van der Waals surface area (Å²) in [5.74, 6) is 0.136. The van der Waals surface area contributed by atoms with E-state index in [0.29, 0.717) is 0 Å². The van der Waals surface area contributed by atoms with Gasteiger partial charge in [0.25, 0.3) is 0 Å². The Labute approximate surface area is 155 Å². The van der Waals surface area contributed by atoms with Gasteiger partial charge >= 0.3 is 0 Å². The van der Waals surface area contributed by atoms with Gasteiger partial charge in [-0.3, -0.25) is 4.79 Å². The topological polar surface area (TPSA) is 67.1 Å². The van der Waals surface area contributed by atoms with E-state index in [1.807, 2.05) is 42.5 Å². The predicted molar refractivity (Wildman–Crippen MR) is 106 cm³/mol. The number of rotatable bonds is 5. The second-order valence-corrected chi connectivity index (χ2v) is 6.61. The van der Waals surface area contributed by atoms with E-state index in [2.05, 4.69) is 29.7 Å². The lowest BCUT2D eigenvalue weighted by Gasteiger charge is -2.16. The Morgan fingerprint density at radius 1 is 1.04 bits per heavy atom. The Kier molecular flexibility index (Phi) is 6.85. The van der Waals surface area contributed by atoms with Crippen molar-refractivity contribution in [1.82, 2.24) is 0 Å². The molecule has 0 saturated heterocycles. The molecule has 0 aliphatic heterocycles. The number of nitrogens with one attached hydrogen (secondary N) is 2. The van der Waals surface area contributed by atoms with Crippen LogP contribution in [0.4, 0.5) is 11.4 Å². The van der Waals surface area contributed by atoms with E-state index in [4.69, 9.17) is 5.73 Å². The van der Waals surface area contributed by atoms with Gasteiger partial charge < -0.3 is 16.4 Å². The summed E-state index contributed by atoms with van der Waals surface area (Å²) in [5.41, 5.74) is 8.99. The fourth-order valence-corrected chi connectivity index (χ4v) is 3.22. The first-order chi connectivity index (χ1) is 11.6. The number of carbonyl (C=O) groups excluding carboxylic acids is 1. The molecule has 25 heavy (non-hydrogen) atoms. The van der Waals surface area contributed by atoms with Crippen molar-refractivity contribution in [1.29, 1.82) is 0 Å². The third kappa shape index (κ3) is 5.21. The molecule has 1 aliphatic carbocycles. The van der Waals surface area contributed by atoms with Crippen molar-refractivity contribution in [3.63, 3.8) is 0 Å². The van der Waals surface area contributed by atoms with Gasteiger partial charge in [0.2, 0.25) is 5.91 Å². The molecule has 2 aromatic rings. The van der Waals surface area contributed by atoms with Gasteiger partial charge in [0.15, 0.2) is 0 Å². The fraction of sp³-hybridized carbons (Fsp3) is 0.350. The van der Waals surface area contributed by atoms with Gasteiger partial charge in [0.1, 0.15) is 0 Å². The normalized spacial score (nSPS) is 20.4. The van der Waals surface area contributed by atoms with Crippen molar-refractivity contribution >= 4 is 29.7 Å². The molecule has 3 rings (SSSR count). The van der Waals surface area contributed by atoms with E-state index in [-0.39, 0.29) is 36.3 Å². The first-order valence-electron chi connectivity index (χ1n) is 8.60. The molecule has 4 N–H and O–H groups in total. The first kappa shape index (κ1) is 19.3. The Morgan fingerprint density at radius 2 is 1.68 bits per heavy atom. The molecule has 3 unspecified atom stereocenters. The molecule has 0 radical (unpaired) electrons. The van der Waals surface area contributed by atoms with Gasteiger partial charge in [-0.1, -0.05) is 30.3 Å². The molecule has 5 heteroatoms. The molecule has 1 amide bonds. The van der Waals surface area contributed by atoms with Crippen LogP contribution in [0.5, 0.6) is 0 Å². The summed E-state index contributed by atoms with van der Waals surface area (Å²) < 4.78 is 0. The zero-order valence-corrected chi connectivity index (χ0v) is 15.3. The van der Waals surface area contributed by atoms with Gasteiger partial charge in [-0.25, -0.2) is 0 Å². The van der Waals surface area contributed by atoms with Crippen LogP contribution in [0.2, 0.25) is 0 Å². The summed E-state index contributed by atoms with van der Waals surface area (Å²) in [4.78, 5) is 12.2. The van der Waals surface area contributed by atoms with Crippen LogP contribution in [0.25, 0.3) is 0 Å². The molecular weight excluding hydrogens is 334 g/mol. The number of anilines is 2. The van der Waals surface area contributed by atoms with Gasteiger partial charge in [0, 0.05) is 29.4 Å². The molecule has 0 spiro atoms. The van der Waals surface area contributed by atoms with Crippen LogP contribution in [0.15, 0.2) is 54.6 Å². The van der Waals surface area contributed by atoms with Crippen molar-refractivity contribution in [2.24, 2.45) is 11.7 Å². The van der Waals surface area contributed by atoms with Gasteiger partial charge in [-0.15, -0.1) is 12.4 Å². The number of hydrogen-bond acceptors (Lipinski definition) is 3. The molecule has 1 aliphatic rings. The number of benzene rings is 2. The average Bonchev–Trinajstić information content (AvgIpc) is 3.04. The van der Waals surface area contributed by atoms with Crippen molar-refractivity contribution < 1.29 is 4.79 Å². The number of carbonyl (C=O) groups is 1. The quantitative estimate of drug-likeness (QED) is 0.743. The highest BCUT2D eigenvalue weighted by molar-refractivity contribution is 5.92. The van der Waals surface area contributed by atoms with Crippen molar-refractivity contribution in [3.8, 4) is 0 Å². The van der Waals surface area contributed by atoms with Crippen molar-refractivity contribution in [2.75, 3.05) is 10.6 Å². The summed E-state index contributed by atoms with van der Waals surface area (Å²) in [6, 6.07) is 18.6. The molecule has 1 saturated carbocycles. The van der Waals surface area contributed by atoms with Crippen LogP contribution in [-0.4, -0.2) is 11.9 Å². The number of halogens is 1. The van der Waals surface area contributed by atoms with E-state index < -0.39 is 0 Å². The third-order valence-electron chi connectivity index (χ3n) is 4.68. The van der Waals surface area contributed by atoms with Crippen molar-refractivity contribution in [2.45, 2.75) is 38.3 Å². The smallest absolute Gasteiger partial charge is 0.227 e. The number of amides is 1. The largest absolute Gasteiger partial charge is 0.379 e. The van der Waals surface area contributed by atoms with Crippen LogP contribution in [-0.2, 0) is 4.79 Å². The summed E-state index contributed by atoms with van der Waals surface area (Å²) >= 11 is 0. The maximum absolute atomic E-state index is 12.2. The minimum atomic E-state index is 0. The first-order valence-corrected chi connectivity index (χ1v) is 8.60. The van der Waals surface area contributed by atoms with E-state index in [1.54, 1.807) is 0 Å². The standard InChI is InChI=1S/C20H25N3O.ClH/c1-14(15-5-3-2-4-6-15)22-18-9-11-19(12-10-18)23-20(24)16-7-8-17(21)13-16;/h2-6,9-12,14,16-17,22H,7-8,13,21H2,1H3,(H,23,24);1H. The molecule has 3 atom stereocenters. The monoisotopic (exact) mass is 359 g/mol. The Hall–Kier alpha value is -2.04. The Morgan fingerprint density at radius 3 is 2.28 bits per heavy atom. The molecule has 0 heterocycles. The molecule has 2 aromatic carbocycles. The van der Waals surface area contributed by atoms with Crippen LogP contribution in [0.1, 0.15) is 37.8 Å². The maximum atomic E-state index is 12.2. The average molecular weight is 360 g/mol. The highest BCUT2D eigenvalue weighted by atomic mass is 35.5. The highest BCUT2D eigenvalue weighted by Gasteiger charge is 2.27. The molecule has 1 fully saturated rings. The summed E-state index contributed by atoms with van der Waals surface area (Å²) in [5, 5.41) is 6.46. The van der Waals surface area contributed by atoms with Crippen LogP contribution in [0, 0.1) is 5.92 Å². The molecule has 134 valence electrons. The minimum absolute atomic E-state index is 0. The SMILES string of the molecule is CC(Nc1ccc(NC(=O)C2CCC(N)C2)cc1)c1ccccc1.Cl. The Balaban J connectivity index is 0.00000225. The Bertz CT molecular complexity index is 675. The van der Waals surface area contributed by atoms with Gasteiger partial charge in [-0.05, 0) is 56.0 Å². The fourth-order valence-electron chi connectivity index (χ4n) is 3.22. The van der Waals surface area contributed by atoms with Crippen molar-refractivity contribution in [3.05, 3.63) is 60.2 Å². The second kappa shape index (κ2) is 8.88. The van der Waals surface area contributed by atoms with E-state index in [0.717, 1.165) is 30.6 Å². The van der Waals surface area contributed by atoms with E-state index in [9.17, 15) is 4.79 Å². The van der Waals surface area contributed by atoms with Crippen LogP contribution in [0.3, 0.4) is 0 Å². The summed E-state index contributed by atoms with van der Waals surface area (Å²) in [7, 11) is 0. The zero-order chi connectivity index (χ0) is 16.9. The minimum Gasteiger partial charge on any atom is -0.379 e. The summed E-state index contributed by atoms with van der Waals surface area (Å²) in [6.45, 7) is 2.13. The summed E-state index contributed by atoms with van der Waals surface area (Å²) in [6.07, 6.45) is 2.62. The molecule has 0 bridgehead atoms. The molecule has 4 nitrogen and oxygen atoms in total. The van der Waals surface area contributed by atoms with Gasteiger partial charge in [-0.2, -0.15) is 0 Å². The lowest BCUT2D eigenvalue weighted by Crippen LogP contribution is -2.23. The number of nitrogens with two attached hydrogens (primary N) is 1. The molecule has 0 aromatic heterocycles. The zero-order valence-electron chi connectivity index (χ0n) is 14.4. The lowest BCUT2D eigenvalue weighted by molar-refractivity contribution is -0.119. The van der Waals surface area contributed by atoms with Crippen LogP contribution < -0.4 is 16.4 Å².